The van der Waals surface area contributed by atoms with Crippen molar-refractivity contribution in [1.29, 1.82) is 0 Å². The van der Waals surface area contributed by atoms with Gasteiger partial charge in [-0.2, -0.15) is 0 Å². The largest absolute Gasteiger partial charge is 0.369 e. The van der Waals surface area contributed by atoms with Gasteiger partial charge < -0.3 is 4.74 Å². The van der Waals surface area contributed by atoms with Crippen LogP contribution < -0.4 is 0 Å². The van der Waals surface area contributed by atoms with Crippen LogP contribution in [0.4, 0.5) is 4.39 Å². The maximum absolute atomic E-state index is 13.1. The van der Waals surface area contributed by atoms with Crippen molar-refractivity contribution >= 4 is 0 Å². The van der Waals surface area contributed by atoms with Crippen LogP contribution in [-0.2, 0) is 4.74 Å². The summed E-state index contributed by atoms with van der Waals surface area (Å²) in [5, 5.41) is 0. The van der Waals surface area contributed by atoms with Gasteiger partial charge in [0.05, 0.1) is 12.7 Å². The molecule has 0 unspecified atom stereocenters. The average Bonchev–Trinajstić information content (AvgIpc) is 2.53. The molecule has 0 saturated carbocycles. The lowest BCUT2D eigenvalue weighted by molar-refractivity contribution is 0.0633. The molecule has 108 valence electrons. The van der Waals surface area contributed by atoms with E-state index in [4.69, 9.17) is 4.74 Å². The zero-order valence-electron chi connectivity index (χ0n) is 11.9. The van der Waals surface area contributed by atoms with Gasteiger partial charge in [-0.1, -0.05) is 54.6 Å². The molecule has 0 bridgehead atoms. The zero-order chi connectivity index (χ0) is 15.1. The average molecular weight is 282 g/mol. The van der Waals surface area contributed by atoms with E-state index in [9.17, 15) is 4.39 Å². The maximum Gasteiger partial charge on any atom is 0.123 e. The molecular formula is C19H19FO. The summed E-state index contributed by atoms with van der Waals surface area (Å²) >= 11 is 0. The fourth-order valence-corrected chi connectivity index (χ4v) is 2.34. The van der Waals surface area contributed by atoms with E-state index in [1.54, 1.807) is 18.2 Å². The van der Waals surface area contributed by atoms with E-state index >= 15 is 0 Å². The van der Waals surface area contributed by atoms with Gasteiger partial charge in [-0.3, -0.25) is 0 Å². The van der Waals surface area contributed by atoms with Crippen molar-refractivity contribution < 1.29 is 9.13 Å². The molecule has 0 heterocycles. The molecule has 2 rings (SSSR count). The summed E-state index contributed by atoms with van der Waals surface area (Å²) in [6.45, 7) is 8.05. The molecule has 2 heteroatoms. The summed E-state index contributed by atoms with van der Waals surface area (Å²) in [7, 11) is 0. The Kier molecular flexibility index (Phi) is 5.47. The van der Waals surface area contributed by atoms with Crippen LogP contribution in [0, 0.1) is 5.82 Å². The van der Waals surface area contributed by atoms with Crippen molar-refractivity contribution in [2.75, 3.05) is 6.61 Å². The van der Waals surface area contributed by atoms with E-state index in [0.29, 0.717) is 6.61 Å². The first-order valence-electron chi connectivity index (χ1n) is 6.91. The van der Waals surface area contributed by atoms with Crippen LogP contribution >= 0.6 is 0 Å². The molecule has 0 radical (unpaired) electrons. The minimum absolute atomic E-state index is 0.00314. The van der Waals surface area contributed by atoms with Crippen molar-refractivity contribution in [1.82, 2.24) is 0 Å². The second-order valence-electron chi connectivity index (χ2n) is 4.77. The molecule has 0 fully saturated rings. The summed E-state index contributed by atoms with van der Waals surface area (Å²) in [5.74, 6) is -0.257. The molecule has 2 atom stereocenters. The molecule has 0 aliphatic heterocycles. The number of benzene rings is 2. The van der Waals surface area contributed by atoms with E-state index in [0.717, 1.165) is 11.1 Å². The van der Waals surface area contributed by atoms with E-state index in [-0.39, 0.29) is 17.8 Å². The van der Waals surface area contributed by atoms with Gasteiger partial charge in [-0.05, 0) is 23.3 Å². The standard InChI is InChI=1S/C19H19FO/c1-3-14-21-19(16-10-12-17(20)13-11-16)18(4-2)15-8-6-5-7-9-15/h3-13,18-19H,1-2,14H2/t18-,19-/m0/s1. The smallest absolute Gasteiger partial charge is 0.123 e. The molecule has 0 aliphatic rings. The van der Waals surface area contributed by atoms with Gasteiger partial charge in [0, 0.05) is 5.92 Å². The Labute approximate surface area is 125 Å². The molecule has 0 aromatic heterocycles. The Morgan fingerprint density at radius 2 is 1.62 bits per heavy atom. The maximum atomic E-state index is 13.1. The van der Waals surface area contributed by atoms with Crippen LogP contribution in [0.1, 0.15) is 23.1 Å². The molecule has 2 aromatic carbocycles. The fourth-order valence-electron chi connectivity index (χ4n) is 2.34. The monoisotopic (exact) mass is 282 g/mol. The van der Waals surface area contributed by atoms with E-state index < -0.39 is 0 Å². The summed E-state index contributed by atoms with van der Waals surface area (Å²) in [4.78, 5) is 0. The van der Waals surface area contributed by atoms with Gasteiger partial charge in [0.25, 0.3) is 0 Å². The zero-order valence-corrected chi connectivity index (χ0v) is 11.9. The SMILES string of the molecule is C=CCO[C@@H](c1ccc(F)cc1)[C@@H](C=C)c1ccccc1. The minimum atomic E-state index is -0.254. The molecule has 0 spiro atoms. The topological polar surface area (TPSA) is 9.23 Å². The second kappa shape index (κ2) is 7.55. The number of hydrogen-bond acceptors (Lipinski definition) is 1. The first-order valence-corrected chi connectivity index (χ1v) is 6.91. The molecule has 0 amide bonds. The van der Waals surface area contributed by atoms with Crippen LogP contribution in [0.5, 0.6) is 0 Å². The van der Waals surface area contributed by atoms with Crippen LogP contribution in [0.3, 0.4) is 0 Å². The molecular weight excluding hydrogens is 263 g/mol. The highest BCUT2D eigenvalue weighted by Gasteiger charge is 2.22. The number of ether oxygens (including phenoxy) is 1. The lowest BCUT2D eigenvalue weighted by atomic mass is 9.89. The molecule has 0 aliphatic carbocycles. The minimum Gasteiger partial charge on any atom is -0.369 e. The fraction of sp³-hybridized carbons (Fsp3) is 0.158. The normalized spacial score (nSPS) is 13.4. The molecule has 2 aromatic rings. The van der Waals surface area contributed by atoms with E-state index in [1.165, 1.54) is 12.1 Å². The quantitative estimate of drug-likeness (QED) is 0.646. The highest BCUT2D eigenvalue weighted by atomic mass is 19.1. The number of hydrogen-bond donors (Lipinski definition) is 0. The summed E-state index contributed by atoms with van der Waals surface area (Å²) in [6, 6.07) is 16.4. The number of rotatable bonds is 7. The Morgan fingerprint density at radius 3 is 2.19 bits per heavy atom. The summed E-state index contributed by atoms with van der Waals surface area (Å²) < 4.78 is 19.0. The summed E-state index contributed by atoms with van der Waals surface area (Å²) in [6.07, 6.45) is 3.36. The predicted molar refractivity (Wildman–Crippen MR) is 84.7 cm³/mol. The Hall–Kier alpha value is -2.19. The van der Waals surface area contributed by atoms with Crippen LogP contribution in [0.2, 0.25) is 0 Å². The lowest BCUT2D eigenvalue weighted by Crippen LogP contribution is -2.13. The molecule has 1 nitrogen and oxygen atoms in total. The summed E-state index contributed by atoms with van der Waals surface area (Å²) in [5.41, 5.74) is 2.04. The van der Waals surface area contributed by atoms with Crippen LogP contribution in [-0.4, -0.2) is 6.61 Å². The van der Waals surface area contributed by atoms with Gasteiger partial charge in [-0.15, -0.1) is 13.2 Å². The van der Waals surface area contributed by atoms with Crippen molar-refractivity contribution in [2.45, 2.75) is 12.0 Å². The van der Waals surface area contributed by atoms with Crippen LogP contribution in [0.25, 0.3) is 0 Å². The third-order valence-electron chi connectivity index (χ3n) is 3.36. The highest BCUT2D eigenvalue weighted by Crippen LogP contribution is 2.35. The van der Waals surface area contributed by atoms with Crippen molar-refractivity contribution in [3.8, 4) is 0 Å². The van der Waals surface area contributed by atoms with Crippen LogP contribution in [0.15, 0.2) is 79.9 Å². The Morgan fingerprint density at radius 1 is 0.952 bits per heavy atom. The van der Waals surface area contributed by atoms with Gasteiger partial charge >= 0.3 is 0 Å². The van der Waals surface area contributed by atoms with E-state index in [2.05, 4.69) is 13.2 Å². The predicted octanol–water partition coefficient (Wildman–Crippen LogP) is 5.04. The van der Waals surface area contributed by atoms with Crippen molar-refractivity contribution in [3.05, 3.63) is 96.9 Å². The molecule has 0 N–H and O–H groups in total. The highest BCUT2D eigenvalue weighted by molar-refractivity contribution is 5.30. The Balaban J connectivity index is 2.35. The van der Waals surface area contributed by atoms with Gasteiger partial charge in [0.2, 0.25) is 0 Å². The number of halogens is 1. The third kappa shape index (κ3) is 3.89. The Bertz CT molecular complexity index is 574. The van der Waals surface area contributed by atoms with E-state index in [1.807, 2.05) is 36.4 Å². The molecule has 21 heavy (non-hydrogen) atoms. The van der Waals surface area contributed by atoms with Gasteiger partial charge in [0.15, 0.2) is 0 Å². The first-order chi connectivity index (χ1) is 10.3. The third-order valence-corrected chi connectivity index (χ3v) is 3.36. The van der Waals surface area contributed by atoms with Crippen molar-refractivity contribution in [3.63, 3.8) is 0 Å². The lowest BCUT2D eigenvalue weighted by Gasteiger charge is -2.25. The second-order valence-corrected chi connectivity index (χ2v) is 4.77. The van der Waals surface area contributed by atoms with Gasteiger partial charge in [-0.25, -0.2) is 4.39 Å². The first kappa shape index (κ1) is 15.2. The van der Waals surface area contributed by atoms with Gasteiger partial charge in [0.1, 0.15) is 5.82 Å². The molecule has 0 saturated heterocycles. The van der Waals surface area contributed by atoms with Crippen molar-refractivity contribution in [2.24, 2.45) is 0 Å².